The minimum atomic E-state index is -0.156. The highest BCUT2D eigenvalue weighted by molar-refractivity contribution is 5.98. The van der Waals surface area contributed by atoms with Gasteiger partial charge in [-0.1, -0.05) is 18.2 Å². The Morgan fingerprint density at radius 1 is 1.21 bits per heavy atom. The Morgan fingerprint density at radius 3 is 2.79 bits per heavy atom. The van der Waals surface area contributed by atoms with Crippen LogP contribution in [0.25, 0.3) is 11.1 Å². The molecule has 0 aromatic heterocycles. The number of benzene rings is 2. The Hall–Kier alpha value is -3.61. The van der Waals surface area contributed by atoms with E-state index in [9.17, 15) is 9.59 Å². The zero-order valence-electron chi connectivity index (χ0n) is 15.2. The van der Waals surface area contributed by atoms with Gasteiger partial charge in [-0.25, -0.2) is 0 Å². The predicted molar refractivity (Wildman–Crippen MR) is 108 cm³/mol. The van der Waals surface area contributed by atoms with Crippen molar-refractivity contribution >= 4 is 24.2 Å². The predicted octanol–water partition coefficient (Wildman–Crippen LogP) is 2.27. The lowest BCUT2D eigenvalue weighted by Gasteiger charge is -2.25. The minimum absolute atomic E-state index is 0.0693. The summed E-state index contributed by atoms with van der Waals surface area (Å²) in [5, 5.41) is 5.75. The van der Waals surface area contributed by atoms with E-state index in [2.05, 4.69) is 15.6 Å². The molecule has 4 rings (SSSR count). The summed E-state index contributed by atoms with van der Waals surface area (Å²) in [5.41, 5.74) is 3.12. The highest BCUT2D eigenvalue weighted by Gasteiger charge is 2.26. The molecule has 0 saturated heterocycles. The van der Waals surface area contributed by atoms with Crippen LogP contribution >= 0.6 is 0 Å². The zero-order chi connectivity index (χ0) is 19.3. The SMILES string of the molecule is O=CNc1ccc(-c2ccc3c(c2)C(=O)N(CC2N=CC=CN2)CCO3)cc1. The molecule has 2 aromatic carbocycles. The molecular weight excluding hydrogens is 356 g/mol. The van der Waals surface area contributed by atoms with Gasteiger partial charge in [0, 0.05) is 11.9 Å². The molecule has 2 N–H and O–H groups in total. The van der Waals surface area contributed by atoms with E-state index in [1.807, 2.05) is 54.7 Å². The molecular formula is C21H20N4O3. The van der Waals surface area contributed by atoms with Gasteiger partial charge in [-0.15, -0.1) is 0 Å². The second kappa shape index (κ2) is 7.96. The van der Waals surface area contributed by atoms with Crippen molar-refractivity contribution in [3.63, 3.8) is 0 Å². The maximum absolute atomic E-state index is 13.1. The van der Waals surface area contributed by atoms with Crippen LogP contribution in [0.1, 0.15) is 10.4 Å². The molecule has 0 bridgehead atoms. The number of fused-ring (bicyclic) bond motifs is 1. The molecule has 7 heteroatoms. The van der Waals surface area contributed by atoms with Crippen LogP contribution in [-0.4, -0.2) is 49.3 Å². The number of rotatable bonds is 5. The second-order valence-corrected chi connectivity index (χ2v) is 6.49. The number of hydrogen-bond donors (Lipinski definition) is 2. The average molecular weight is 376 g/mol. The van der Waals surface area contributed by atoms with Gasteiger partial charge in [0.2, 0.25) is 6.41 Å². The van der Waals surface area contributed by atoms with E-state index < -0.39 is 0 Å². The van der Waals surface area contributed by atoms with Gasteiger partial charge in [0.05, 0.1) is 18.7 Å². The molecule has 0 saturated carbocycles. The van der Waals surface area contributed by atoms with Crippen molar-refractivity contribution in [1.29, 1.82) is 0 Å². The lowest BCUT2D eigenvalue weighted by molar-refractivity contribution is -0.105. The highest BCUT2D eigenvalue weighted by Crippen LogP contribution is 2.30. The summed E-state index contributed by atoms with van der Waals surface area (Å²) in [6, 6.07) is 13.1. The summed E-state index contributed by atoms with van der Waals surface area (Å²) in [7, 11) is 0. The third-order valence-electron chi connectivity index (χ3n) is 4.69. The quantitative estimate of drug-likeness (QED) is 0.785. The van der Waals surface area contributed by atoms with Crippen molar-refractivity contribution in [2.75, 3.05) is 25.0 Å². The summed E-state index contributed by atoms with van der Waals surface area (Å²) in [6.45, 7) is 1.42. The van der Waals surface area contributed by atoms with Gasteiger partial charge in [0.25, 0.3) is 5.91 Å². The number of amides is 2. The molecule has 2 aliphatic rings. The van der Waals surface area contributed by atoms with E-state index >= 15 is 0 Å². The number of hydrogen-bond acceptors (Lipinski definition) is 5. The lowest BCUT2D eigenvalue weighted by atomic mass is 10.0. The smallest absolute Gasteiger partial charge is 0.257 e. The van der Waals surface area contributed by atoms with Gasteiger partial charge >= 0.3 is 0 Å². The molecule has 142 valence electrons. The second-order valence-electron chi connectivity index (χ2n) is 6.49. The first kappa shape index (κ1) is 17.8. The van der Waals surface area contributed by atoms with Crippen LogP contribution in [0.2, 0.25) is 0 Å². The molecule has 1 unspecified atom stereocenters. The maximum atomic E-state index is 13.1. The number of anilines is 1. The normalized spacial score (nSPS) is 17.9. The van der Waals surface area contributed by atoms with Crippen LogP contribution in [0, 0.1) is 0 Å². The van der Waals surface area contributed by atoms with E-state index in [0.717, 1.165) is 11.1 Å². The van der Waals surface area contributed by atoms with E-state index in [4.69, 9.17) is 4.74 Å². The topological polar surface area (TPSA) is 83.0 Å². The Morgan fingerprint density at radius 2 is 2.04 bits per heavy atom. The third kappa shape index (κ3) is 3.73. The van der Waals surface area contributed by atoms with E-state index in [-0.39, 0.29) is 12.1 Å². The Kier molecular flexibility index (Phi) is 5.05. The maximum Gasteiger partial charge on any atom is 0.257 e. The number of carbonyl (C=O) groups excluding carboxylic acids is 2. The monoisotopic (exact) mass is 376 g/mol. The summed E-state index contributed by atoms with van der Waals surface area (Å²) in [5.74, 6) is 0.524. The molecule has 0 radical (unpaired) electrons. The van der Waals surface area contributed by atoms with Crippen LogP contribution in [0.4, 0.5) is 5.69 Å². The van der Waals surface area contributed by atoms with Gasteiger partial charge < -0.3 is 20.3 Å². The van der Waals surface area contributed by atoms with Gasteiger partial charge in [-0.3, -0.25) is 14.6 Å². The van der Waals surface area contributed by atoms with Crippen molar-refractivity contribution in [2.24, 2.45) is 4.99 Å². The molecule has 2 aromatic rings. The molecule has 0 spiro atoms. The van der Waals surface area contributed by atoms with Crippen LogP contribution < -0.4 is 15.4 Å². The molecule has 28 heavy (non-hydrogen) atoms. The zero-order valence-corrected chi connectivity index (χ0v) is 15.2. The molecule has 7 nitrogen and oxygen atoms in total. The summed E-state index contributed by atoms with van der Waals surface area (Å²) < 4.78 is 5.80. The first-order chi connectivity index (χ1) is 13.7. The first-order valence-electron chi connectivity index (χ1n) is 9.06. The highest BCUT2D eigenvalue weighted by atomic mass is 16.5. The molecule has 2 aliphatic heterocycles. The molecule has 2 amide bonds. The fraction of sp³-hybridized carbons (Fsp3) is 0.190. The minimum Gasteiger partial charge on any atom is -0.491 e. The molecule has 0 aliphatic carbocycles. The van der Waals surface area contributed by atoms with E-state index in [1.54, 1.807) is 11.1 Å². The largest absolute Gasteiger partial charge is 0.491 e. The van der Waals surface area contributed by atoms with Crippen LogP contribution in [-0.2, 0) is 4.79 Å². The van der Waals surface area contributed by atoms with Crippen molar-refractivity contribution in [3.8, 4) is 16.9 Å². The fourth-order valence-corrected chi connectivity index (χ4v) is 3.26. The summed E-state index contributed by atoms with van der Waals surface area (Å²) >= 11 is 0. The van der Waals surface area contributed by atoms with Crippen LogP contribution in [0.3, 0.4) is 0 Å². The first-order valence-corrected chi connectivity index (χ1v) is 9.06. The van der Waals surface area contributed by atoms with Gasteiger partial charge in [0.15, 0.2) is 0 Å². The fourth-order valence-electron chi connectivity index (χ4n) is 3.26. The summed E-state index contributed by atoms with van der Waals surface area (Å²) in [6.07, 6.45) is 5.86. The molecule has 0 fully saturated rings. The molecule has 1 atom stereocenters. The van der Waals surface area contributed by atoms with Crippen molar-refractivity contribution in [3.05, 3.63) is 60.3 Å². The number of carbonyl (C=O) groups is 2. The van der Waals surface area contributed by atoms with Crippen molar-refractivity contribution in [2.45, 2.75) is 6.17 Å². The Labute approximate surface area is 162 Å². The number of nitrogens with zero attached hydrogens (tertiary/aromatic N) is 2. The van der Waals surface area contributed by atoms with Crippen LogP contribution in [0.5, 0.6) is 5.75 Å². The van der Waals surface area contributed by atoms with Gasteiger partial charge in [-0.2, -0.15) is 0 Å². The number of nitrogens with one attached hydrogen (secondary N) is 2. The Balaban J connectivity index is 1.59. The number of ether oxygens (including phenoxy) is 1. The lowest BCUT2D eigenvalue weighted by Crippen LogP contribution is -2.42. The van der Waals surface area contributed by atoms with Gasteiger partial charge in [0.1, 0.15) is 18.5 Å². The van der Waals surface area contributed by atoms with E-state index in [0.29, 0.717) is 43.1 Å². The average Bonchev–Trinajstić information content (AvgIpc) is 2.88. The Bertz CT molecular complexity index is 937. The third-order valence-corrected chi connectivity index (χ3v) is 4.69. The van der Waals surface area contributed by atoms with Crippen molar-refractivity contribution in [1.82, 2.24) is 10.2 Å². The molecule has 2 heterocycles. The number of allylic oxidation sites excluding steroid dienone is 1. The van der Waals surface area contributed by atoms with Crippen LogP contribution in [0.15, 0.2) is 59.7 Å². The van der Waals surface area contributed by atoms with Crippen molar-refractivity contribution < 1.29 is 14.3 Å². The standard InChI is InChI=1S/C21H20N4O3/c26-14-24-17-5-2-15(3-6-17)16-4-7-19-18(12-16)21(27)25(10-11-28-19)13-20-22-8-1-9-23-20/h1-9,12,14,20,22H,10-11,13H2,(H,24,26). The van der Waals surface area contributed by atoms with Gasteiger partial charge in [-0.05, 0) is 47.7 Å². The van der Waals surface area contributed by atoms with E-state index in [1.165, 1.54) is 0 Å². The summed E-state index contributed by atoms with van der Waals surface area (Å²) in [4.78, 5) is 29.8. The number of aliphatic imine (C=N–C) groups is 1.